The SMILES string of the molecule is C[C@@H]1C[C@]2(c3ccccc3)[C@H](c3ccccc3)C(=O)N2c2ccccc2S1. The van der Waals surface area contributed by atoms with Gasteiger partial charge in [-0.3, -0.25) is 9.69 Å². The van der Waals surface area contributed by atoms with Crippen LogP contribution in [0.5, 0.6) is 0 Å². The third-order valence-electron chi connectivity index (χ3n) is 5.78. The molecule has 2 heterocycles. The van der Waals surface area contributed by atoms with Crippen LogP contribution in [0.15, 0.2) is 89.8 Å². The highest BCUT2D eigenvalue weighted by Crippen LogP contribution is 2.60. The maximum absolute atomic E-state index is 13.5. The van der Waals surface area contributed by atoms with Crippen LogP contribution < -0.4 is 4.90 Å². The van der Waals surface area contributed by atoms with Gasteiger partial charge in [0.05, 0.1) is 17.1 Å². The molecule has 2 nitrogen and oxygen atoms in total. The molecule has 0 unspecified atom stereocenters. The van der Waals surface area contributed by atoms with Crippen molar-refractivity contribution in [2.24, 2.45) is 0 Å². The first-order chi connectivity index (χ1) is 13.2. The van der Waals surface area contributed by atoms with Gasteiger partial charge in [0.2, 0.25) is 5.91 Å². The van der Waals surface area contributed by atoms with Crippen LogP contribution in [0, 0.1) is 0 Å². The van der Waals surface area contributed by atoms with Gasteiger partial charge in [-0.2, -0.15) is 0 Å². The molecule has 0 aromatic heterocycles. The second kappa shape index (κ2) is 6.28. The zero-order valence-corrected chi connectivity index (χ0v) is 16.0. The lowest BCUT2D eigenvalue weighted by atomic mass is 9.63. The van der Waals surface area contributed by atoms with E-state index in [1.165, 1.54) is 10.5 Å². The van der Waals surface area contributed by atoms with E-state index in [-0.39, 0.29) is 17.4 Å². The summed E-state index contributed by atoms with van der Waals surface area (Å²) in [5, 5.41) is 0.413. The number of hydrogen-bond donors (Lipinski definition) is 0. The number of anilines is 1. The Hall–Kier alpha value is -2.52. The molecular weight excluding hydrogens is 350 g/mol. The number of amides is 1. The number of rotatable bonds is 2. The average molecular weight is 372 g/mol. The molecule has 0 spiro atoms. The monoisotopic (exact) mass is 371 g/mol. The molecule has 0 radical (unpaired) electrons. The molecule has 0 bridgehead atoms. The van der Waals surface area contributed by atoms with E-state index in [0.29, 0.717) is 5.25 Å². The van der Waals surface area contributed by atoms with E-state index >= 15 is 0 Å². The van der Waals surface area contributed by atoms with Crippen molar-refractivity contribution in [2.45, 2.75) is 34.9 Å². The van der Waals surface area contributed by atoms with Gasteiger partial charge in [0.15, 0.2) is 0 Å². The smallest absolute Gasteiger partial charge is 0.238 e. The Balaban J connectivity index is 1.77. The molecule has 2 aliphatic heterocycles. The first-order valence-corrected chi connectivity index (χ1v) is 10.3. The van der Waals surface area contributed by atoms with Gasteiger partial charge in [-0.05, 0) is 29.7 Å². The number of β-lactam (4-membered cyclic amide) rings is 1. The fourth-order valence-corrected chi connectivity index (χ4v) is 5.99. The van der Waals surface area contributed by atoms with Crippen LogP contribution in [0.4, 0.5) is 5.69 Å². The van der Waals surface area contributed by atoms with Crippen LogP contribution in [-0.4, -0.2) is 11.2 Å². The summed E-state index contributed by atoms with van der Waals surface area (Å²) in [6.07, 6.45) is 0.932. The molecule has 1 fully saturated rings. The molecule has 3 aromatic rings. The summed E-state index contributed by atoms with van der Waals surface area (Å²) < 4.78 is 0. The minimum absolute atomic E-state index is 0.143. The third-order valence-corrected chi connectivity index (χ3v) is 6.95. The van der Waals surface area contributed by atoms with Crippen molar-refractivity contribution in [3.8, 4) is 0 Å². The number of thioether (sulfide) groups is 1. The predicted molar refractivity (Wildman–Crippen MR) is 111 cm³/mol. The zero-order chi connectivity index (χ0) is 18.4. The molecule has 0 aliphatic carbocycles. The summed E-state index contributed by atoms with van der Waals surface area (Å²) in [6, 6.07) is 29.2. The van der Waals surface area contributed by atoms with E-state index in [1.54, 1.807) is 0 Å². The quantitative estimate of drug-likeness (QED) is 0.547. The van der Waals surface area contributed by atoms with Gasteiger partial charge < -0.3 is 0 Å². The summed E-state index contributed by atoms with van der Waals surface area (Å²) in [4.78, 5) is 16.8. The molecule has 134 valence electrons. The summed E-state index contributed by atoms with van der Waals surface area (Å²) in [5.41, 5.74) is 3.05. The normalized spacial score (nSPS) is 26.6. The van der Waals surface area contributed by atoms with Gasteiger partial charge in [0, 0.05) is 10.1 Å². The average Bonchev–Trinajstić information content (AvgIpc) is 2.81. The minimum atomic E-state index is -0.335. The van der Waals surface area contributed by atoms with Crippen LogP contribution in [0.25, 0.3) is 0 Å². The van der Waals surface area contributed by atoms with Gasteiger partial charge in [-0.1, -0.05) is 79.7 Å². The second-order valence-corrected chi connectivity index (χ2v) is 8.89. The molecular formula is C24H21NOS. The Kier molecular flexibility index (Phi) is 3.87. The highest BCUT2D eigenvalue weighted by atomic mass is 32.2. The molecule has 3 heteroatoms. The lowest BCUT2D eigenvalue weighted by molar-refractivity contribution is -0.131. The Morgan fingerprint density at radius 2 is 1.52 bits per heavy atom. The summed E-state index contributed by atoms with van der Waals surface area (Å²) in [6.45, 7) is 2.28. The van der Waals surface area contributed by atoms with E-state index in [1.807, 2.05) is 42.1 Å². The number of para-hydroxylation sites is 1. The molecule has 27 heavy (non-hydrogen) atoms. The zero-order valence-electron chi connectivity index (χ0n) is 15.2. The number of fused-ring (bicyclic) bond motifs is 3. The van der Waals surface area contributed by atoms with Crippen LogP contribution >= 0.6 is 11.8 Å². The minimum Gasteiger partial charge on any atom is -0.299 e. The third kappa shape index (κ3) is 2.38. The van der Waals surface area contributed by atoms with Crippen molar-refractivity contribution in [1.82, 2.24) is 0 Å². The molecule has 5 rings (SSSR count). The number of benzene rings is 3. The summed E-state index contributed by atoms with van der Waals surface area (Å²) in [7, 11) is 0. The van der Waals surface area contributed by atoms with Crippen LogP contribution in [0.3, 0.4) is 0 Å². The van der Waals surface area contributed by atoms with Crippen LogP contribution in [-0.2, 0) is 10.3 Å². The summed E-state index contributed by atoms with van der Waals surface area (Å²) >= 11 is 1.88. The van der Waals surface area contributed by atoms with E-state index in [4.69, 9.17) is 0 Å². The van der Waals surface area contributed by atoms with Gasteiger partial charge >= 0.3 is 0 Å². The lowest BCUT2D eigenvalue weighted by Crippen LogP contribution is -2.68. The Labute approximate surface area is 164 Å². The van der Waals surface area contributed by atoms with Crippen LogP contribution in [0.2, 0.25) is 0 Å². The Morgan fingerprint density at radius 1 is 0.889 bits per heavy atom. The van der Waals surface area contributed by atoms with Crippen molar-refractivity contribution >= 4 is 23.4 Å². The maximum atomic E-state index is 13.5. The molecule has 3 aromatic carbocycles. The van der Waals surface area contributed by atoms with E-state index in [9.17, 15) is 4.79 Å². The first-order valence-electron chi connectivity index (χ1n) is 9.42. The standard InChI is InChI=1S/C24H21NOS/c1-17-16-24(19-12-6-3-7-13-19)22(18-10-4-2-5-11-18)23(26)25(24)20-14-8-9-15-21(20)27-17/h2-15,17,22H,16H2,1H3/t17-,22-,24+/m1/s1. The molecule has 1 amide bonds. The van der Waals surface area contributed by atoms with Gasteiger partial charge in [-0.25, -0.2) is 0 Å². The molecule has 2 aliphatic rings. The Morgan fingerprint density at radius 3 is 2.26 bits per heavy atom. The van der Waals surface area contributed by atoms with Crippen molar-refractivity contribution in [1.29, 1.82) is 0 Å². The largest absolute Gasteiger partial charge is 0.299 e. The molecule has 3 atom stereocenters. The van der Waals surface area contributed by atoms with Gasteiger partial charge in [0.1, 0.15) is 0 Å². The number of nitrogens with zero attached hydrogens (tertiary/aromatic N) is 1. The first kappa shape index (κ1) is 16.6. The van der Waals surface area contributed by atoms with Crippen molar-refractivity contribution in [3.63, 3.8) is 0 Å². The fraction of sp³-hybridized carbons (Fsp3) is 0.208. The fourth-order valence-electron chi connectivity index (χ4n) is 4.78. The predicted octanol–water partition coefficient (Wildman–Crippen LogP) is 5.60. The molecule has 1 saturated heterocycles. The highest BCUT2D eigenvalue weighted by molar-refractivity contribution is 8.00. The van der Waals surface area contributed by atoms with E-state index in [2.05, 4.69) is 66.4 Å². The van der Waals surface area contributed by atoms with Gasteiger partial charge in [0.25, 0.3) is 0 Å². The highest BCUT2D eigenvalue weighted by Gasteiger charge is 2.63. The van der Waals surface area contributed by atoms with E-state index < -0.39 is 0 Å². The van der Waals surface area contributed by atoms with Crippen molar-refractivity contribution in [3.05, 3.63) is 96.1 Å². The topological polar surface area (TPSA) is 20.3 Å². The molecule has 0 saturated carbocycles. The summed E-state index contributed by atoms with van der Waals surface area (Å²) in [5.74, 6) is 0.0579. The lowest BCUT2D eigenvalue weighted by Gasteiger charge is -2.58. The second-order valence-electron chi connectivity index (χ2n) is 7.41. The van der Waals surface area contributed by atoms with E-state index in [0.717, 1.165) is 17.7 Å². The maximum Gasteiger partial charge on any atom is 0.238 e. The number of carbonyl (C=O) groups is 1. The van der Waals surface area contributed by atoms with Crippen LogP contribution in [0.1, 0.15) is 30.4 Å². The van der Waals surface area contributed by atoms with Crippen molar-refractivity contribution < 1.29 is 4.79 Å². The number of carbonyl (C=O) groups excluding carboxylic acids is 1. The van der Waals surface area contributed by atoms with Crippen molar-refractivity contribution in [2.75, 3.05) is 4.90 Å². The van der Waals surface area contributed by atoms with Gasteiger partial charge in [-0.15, -0.1) is 11.8 Å². The Bertz CT molecular complexity index is 988. The number of hydrogen-bond acceptors (Lipinski definition) is 2. The molecule has 0 N–H and O–H groups in total.